The van der Waals surface area contributed by atoms with Gasteiger partial charge in [0, 0.05) is 54.9 Å². The molecule has 1 atom stereocenters. The molecule has 11 heteroatoms. The number of alkyl halides is 2. The molecule has 1 unspecified atom stereocenters. The number of imidazole rings is 1. The molecule has 0 spiro atoms. The van der Waals surface area contributed by atoms with Crippen molar-refractivity contribution in [1.82, 2.24) is 30.2 Å². The van der Waals surface area contributed by atoms with Gasteiger partial charge in [-0.2, -0.15) is 0 Å². The summed E-state index contributed by atoms with van der Waals surface area (Å²) in [6.07, 6.45) is 6.19. The number of H-pyrrole nitrogens is 1. The van der Waals surface area contributed by atoms with Crippen LogP contribution in [0.15, 0.2) is 36.9 Å². The van der Waals surface area contributed by atoms with Crippen molar-refractivity contribution in [2.24, 2.45) is 0 Å². The second kappa shape index (κ2) is 9.16. The van der Waals surface area contributed by atoms with E-state index in [0.717, 1.165) is 6.92 Å². The van der Waals surface area contributed by atoms with Crippen LogP contribution in [0.1, 0.15) is 63.3 Å². The first-order chi connectivity index (χ1) is 16.1. The second-order valence-corrected chi connectivity index (χ2v) is 8.26. The molecular weight excluding hydrogens is 446 g/mol. The third-order valence-corrected chi connectivity index (χ3v) is 5.53. The average molecular weight is 470 g/mol. The van der Waals surface area contributed by atoms with Crippen LogP contribution in [0.2, 0.25) is 0 Å². The minimum atomic E-state index is -2.97. The summed E-state index contributed by atoms with van der Waals surface area (Å²) in [5.41, 5.74) is 2.44. The first-order valence-corrected chi connectivity index (χ1v) is 10.7. The molecule has 2 amide bonds. The Morgan fingerprint density at radius 1 is 1.32 bits per heavy atom. The van der Waals surface area contributed by atoms with E-state index < -0.39 is 18.4 Å². The third kappa shape index (κ3) is 4.87. The van der Waals surface area contributed by atoms with Crippen LogP contribution in [-0.2, 0) is 13.1 Å². The highest BCUT2D eigenvalue weighted by molar-refractivity contribution is 6.03. The van der Waals surface area contributed by atoms with Crippen LogP contribution in [0.5, 0.6) is 5.88 Å². The lowest BCUT2D eigenvalue weighted by atomic mass is 10.1. The maximum atomic E-state index is 13.1. The van der Waals surface area contributed by atoms with Crippen LogP contribution in [0.25, 0.3) is 0 Å². The molecule has 3 aromatic heterocycles. The highest BCUT2D eigenvalue weighted by Crippen LogP contribution is 2.33. The van der Waals surface area contributed by atoms with E-state index in [2.05, 4.69) is 25.3 Å². The molecular formula is C23H24F2N6O3. The predicted molar refractivity (Wildman–Crippen MR) is 117 cm³/mol. The second-order valence-electron chi connectivity index (χ2n) is 8.26. The first kappa shape index (κ1) is 23.3. The smallest absolute Gasteiger partial charge is 0.278 e. The fourth-order valence-electron chi connectivity index (χ4n) is 3.74. The summed E-state index contributed by atoms with van der Waals surface area (Å²) in [5, 5.41) is 2.76. The lowest BCUT2D eigenvalue weighted by molar-refractivity contribution is -0.0244. The van der Waals surface area contributed by atoms with Gasteiger partial charge in [-0.15, -0.1) is 0 Å². The molecule has 0 radical (unpaired) electrons. The number of aryl methyl sites for hydroxylation is 1. The molecule has 34 heavy (non-hydrogen) atoms. The van der Waals surface area contributed by atoms with Crippen LogP contribution < -0.4 is 10.1 Å². The number of rotatable bonds is 8. The summed E-state index contributed by atoms with van der Waals surface area (Å²) in [6.45, 7) is 3.95. The van der Waals surface area contributed by atoms with E-state index in [9.17, 15) is 18.4 Å². The van der Waals surface area contributed by atoms with Crippen molar-refractivity contribution >= 4 is 11.8 Å². The van der Waals surface area contributed by atoms with Gasteiger partial charge in [0.05, 0.1) is 12.6 Å². The minimum Gasteiger partial charge on any atom is -0.471 e. The molecule has 3 aromatic rings. The highest BCUT2D eigenvalue weighted by atomic mass is 19.3. The zero-order chi connectivity index (χ0) is 24.5. The van der Waals surface area contributed by atoms with Gasteiger partial charge in [-0.25, -0.2) is 18.7 Å². The molecule has 0 saturated carbocycles. The van der Waals surface area contributed by atoms with Crippen molar-refractivity contribution in [3.05, 3.63) is 70.7 Å². The normalized spacial score (nSPS) is 14.1. The Balaban J connectivity index is 1.50. The summed E-state index contributed by atoms with van der Waals surface area (Å²) in [7, 11) is 0. The molecule has 178 valence electrons. The molecule has 4 rings (SSSR count). The molecule has 1 aliphatic heterocycles. The summed E-state index contributed by atoms with van der Waals surface area (Å²) in [6, 6.07) is 2.97. The van der Waals surface area contributed by atoms with Gasteiger partial charge >= 0.3 is 0 Å². The number of aromatic nitrogens is 4. The summed E-state index contributed by atoms with van der Waals surface area (Å²) < 4.78 is 31.3. The number of carbonyl (C=O) groups excluding carboxylic acids is 2. The topological polar surface area (TPSA) is 113 Å². The van der Waals surface area contributed by atoms with Gasteiger partial charge in [0.2, 0.25) is 5.88 Å². The molecule has 0 aliphatic carbocycles. The number of pyridine rings is 2. The van der Waals surface area contributed by atoms with Gasteiger partial charge in [0.15, 0.2) is 6.61 Å². The molecule has 0 bridgehead atoms. The Morgan fingerprint density at radius 3 is 2.79 bits per heavy atom. The maximum absolute atomic E-state index is 13.1. The molecule has 4 heterocycles. The number of halogens is 2. The lowest BCUT2D eigenvalue weighted by Gasteiger charge is -2.25. The van der Waals surface area contributed by atoms with Gasteiger partial charge in [0.1, 0.15) is 11.5 Å². The zero-order valence-corrected chi connectivity index (χ0v) is 18.9. The number of nitrogens with one attached hydrogen (secondary N) is 2. The minimum absolute atomic E-state index is 0.119. The average Bonchev–Trinajstić information content (AvgIpc) is 3.43. The highest BCUT2D eigenvalue weighted by Gasteiger charge is 2.35. The lowest BCUT2D eigenvalue weighted by Crippen LogP contribution is -2.28. The van der Waals surface area contributed by atoms with Crippen LogP contribution >= 0.6 is 0 Å². The van der Waals surface area contributed by atoms with Crippen molar-refractivity contribution in [2.75, 3.05) is 6.61 Å². The number of carbonyl (C=O) groups is 2. The van der Waals surface area contributed by atoms with E-state index in [1.807, 2.05) is 6.92 Å². The van der Waals surface area contributed by atoms with Crippen molar-refractivity contribution in [3.8, 4) is 5.88 Å². The number of hydrogen-bond acceptors (Lipinski definition) is 6. The number of amides is 2. The number of ether oxygens (including phenoxy) is 1. The number of fused-ring (bicyclic) bond motifs is 1. The van der Waals surface area contributed by atoms with Crippen molar-refractivity contribution in [3.63, 3.8) is 0 Å². The Bertz CT molecular complexity index is 1210. The summed E-state index contributed by atoms with van der Waals surface area (Å²) in [4.78, 5) is 42.8. The van der Waals surface area contributed by atoms with Crippen molar-refractivity contribution < 1.29 is 23.1 Å². The SMILES string of the molecule is Cc1cc(C(C)N2Cc3c(ccnc3C(=O)NCc3ncc[nH]3)C2=O)cnc1OCC(C)(F)F. The van der Waals surface area contributed by atoms with E-state index in [1.165, 1.54) is 12.4 Å². The van der Waals surface area contributed by atoms with Crippen molar-refractivity contribution in [1.29, 1.82) is 0 Å². The third-order valence-electron chi connectivity index (χ3n) is 5.53. The molecule has 2 N–H and O–H groups in total. The number of hydrogen-bond donors (Lipinski definition) is 2. The Morgan fingerprint density at radius 2 is 2.12 bits per heavy atom. The monoisotopic (exact) mass is 470 g/mol. The van der Waals surface area contributed by atoms with Gasteiger partial charge in [-0.1, -0.05) is 0 Å². The van der Waals surface area contributed by atoms with Gasteiger partial charge in [0.25, 0.3) is 17.7 Å². The van der Waals surface area contributed by atoms with E-state index in [0.29, 0.717) is 28.1 Å². The standard InChI is InChI=1S/C23H24F2N6O3/c1-13-8-15(9-30-21(13)34-12-23(3,24)25)14(2)31-11-17-16(22(31)33)4-5-28-19(17)20(32)29-10-18-26-6-7-27-18/h4-9,14H,10-12H2,1-3H3,(H,26,27)(H,29,32). The van der Waals surface area contributed by atoms with E-state index >= 15 is 0 Å². The van der Waals surface area contributed by atoms with Crippen LogP contribution in [0.4, 0.5) is 8.78 Å². The quantitative estimate of drug-likeness (QED) is 0.523. The van der Waals surface area contributed by atoms with E-state index in [1.54, 1.807) is 36.4 Å². The summed E-state index contributed by atoms with van der Waals surface area (Å²) in [5.74, 6) is -2.88. The van der Waals surface area contributed by atoms with Gasteiger partial charge < -0.3 is 19.9 Å². The molecule has 9 nitrogen and oxygen atoms in total. The molecule has 0 fully saturated rings. The first-order valence-electron chi connectivity index (χ1n) is 10.7. The van der Waals surface area contributed by atoms with E-state index in [-0.39, 0.29) is 36.6 Å². The summed E-state index contributed by atoms with van der Waals surface area (Å²) >= 11 is 0. The molecule has 0 aromatic carbocycles. The Labute approximate surface area is 194 Å². The van der Waals surface area contributed by atoms with Crippen LogP contribution in [0, 0.1) is 6.92 Å². The van der Waals surface area contributed by atoms with Gasteiger partial charge in [-0.3, -0.25) is 14.6 Å². The predicted octanol–water partition coefficient (Wildman–Crippen LogP) is 3.19. The Kier molecular flexibility index (Phi) is 6.27. The number of nitrogens with zero attached hydrogens (tertiary/aromatic N) is 4. The fraction of sp³-hybridized carbons (Fsp3) is 0.348. The largest absolute Gasteiger partial charge is 0.471 e. The van der Waals surface area contributed by atoms with Crippen LogP contribution in [0.3, 0.4) is 0 Å². The maximum Gasteiger partial charge on any atom is 0.278 e. The van der Waals surface area contributed by atoms with Crippen LogP contribution in [-0.4, -0.2) is 49.2 Å². The molecule has 1 aliphatic rings. The van der Waals surface area contributed by atoms with E-state index in [4.69, 9.17) is 4.74 Å². The van der Waals surface area contributed by atoms with Crippen molar-refractivity contribution in [2.45, 2.75) is 45.8 Å². The van der Waals surface area contributed by atoms with Gasteiger partial charge in [-0.05, 0) is 31.5 Å². The fourth-order valence-corrected chi connectivity index (χ4v) is 3.74. The Hall–Kier alpha value is -3.89. The molecule has 0 saturated heterocycles. The zero-order valence-electron chi connectivity index (χ0n) is 18.9. The number of aromatic amines is 1.